The number of nitrogens with one attached hydrogen (secondary N) is 1. The first kappa shape index (κ1) is 19.6. The van der Waals surface area contributed by atoms with E-state index in [2.05, 4.69) is 11.4 Å². The summed E-state index contributed by atoms with van der Waals surface area (Å²) in [6.07, 6.45) is -0.937. The minimum Gasteiger partial charge on any atom is -0.487 e. The monoisotopic (exact) mass is 394 g/mol. The number of hydrogen-bond acceptors (Lipinski definition) is 5. The van der Waals surface area contributed by atoms with Crippen LogP contribution in [-0.2, 0) is 22.7 Å². The molecule has 0 spiro atoms. The first-order valence-corrected chi connectivity index (χ1v) is 9.91. The van der Waals surface area contributed by atoms with Crippen LogP contribution in [0.15, 0.2) is 42.5 Å². The fourth-order valence-corrected chi connectivity index (χ4v) is 4.07. The van der Waals surface area contributed by atoms with Crippen molar-refractivity contribution in [2.24, 2.45) is 0 Å². The normalized spacial score (nSPS) is 19.6. The number of carbonyl (C=O) groups excluding carboxylic acids is 1. The van der Waals surface area contributed by atoms with Crippen LogP contribution in [0.25, 0.3) is 11.3 Å². The lowest BCUT2D eigenvalue weighted by atomic mass is 9.99. The van der Waals surface area contributed by atoms with Gasteiger partial charge >= 0.3 is 0 Å². The molecule has 2 aromatic rings. The molecule has 0 saturated heterocycles. The molecule has 2 heterocycles. The van der Waals surface area contributed by atoms with Gasteiger partial charge in [-0.2, -0.15) is 0 Å². The zero-order chi connectivity index (χ0) is 20.5. The lowest BCUT2D eigenvalue weighted by Gasteiger charge is -2.25. The zero-order valence-electron chi connectivity index (χ0n) is 16.7. The third-order valence-corrected chi connectivity index (χ3v) is 5.14. The number of amides is 1. The Balaban J connectivity index is 1.62. The Kier molecular flexibility index (Phi) is 5.41. The van der Waals surface area contributed by atoms with E-state index >= 15 is 0 Å². The quantitative estimate of drug-likeness (QED) is 0.656. The van der Waals surface area contributed by atoms with Crippen LogP contribution in [0.5, 0.6) is 0 Å². The minimum absolute atomic E-state index is 0.141. The highest BCUT2D eigenvalue weighted by atomic mass is 16.5. The van der Waals surface area contributed by atoms with Crippen LogP contribution in [0.1, 0.15) is 36.1 Å². The maximum atomic E-state index is 12.5. The summed E-state index contributed by atoms with van der Waals surface area (Å²) in [5.41, 5.74) is 5.31. The van der Waals surface area contributed by atoms with Crippen LogP contribution in [-0.4, -0.2) is 46.3 Å². The zero-order valence-corrected chi connectivity index (χ0v) is 16.7. The summed E-state index contributed by atoms with van der Waals surface area (Å²) in [5.74, 6) is 0.483. The third-order valence-electron chi connectivity index (χ3n) is 5.14. The molecular weight excluding hydrogens is 368 g/mol. The van der Waals surface area contributed by atoms with E-state index in [4.69, 9.17) is 4.74 Å². The molecule has 3 N–H and O–H groups in total. The highest BCUT2D eigenvalue weighted by Crippen LogP contribution is 2.41. The van der Waals surface area contributed by atoms with Gasteiger partial charge in [0.25, 0.3) is 5.91 Å². The van der Waals surface area contributed by atoms with E-state index in [0.29, 0.717) is 37.6 Å². The van der Waals surface area contributed by atoms with Crippen molar-refractivity contribution >= 4 is 22.9 Å². The molecule has 6 nitrogen and oxygen atoms in total. The average molecular weight is 394 g/mol. The number of rotatable bonds is 6. The van der Waals surface area contributed by atoms with Gasteiger partial charge in [0.2, 0.25) is 0 Å². The smallest absolute Gasteiger partial charge is 0.260 e. The molecule has 0 aromatic heterocycles. The van der Waals surface area contributed by atoms with Gasteiger partial charge in [-0.3, -0.25) is 9.69 Å². The van der Waals surface area contributed by atoms with E-state index in [9.17, 15) is 15.0 Å². The van der Waals surface area contributed by atoms with Gasteiger partial charge in [0.1, 0.15) is 12.4 Å². The molecule has 0 radical (unpaired) electrons. The molecule has 4 rings (SSSR count). The largest absolute Gasteiger partial charge is 0.487 e. The van der Waals surface area contributed by atoms with Crippen LogP contribution < -0.4 is 5.32 Å². The summed E-state index contributed by atoms with van der Waals surface area (Å²) >= 11 is 0. The number of hydrogen-bond donors (Lipinski definition) is 3. The SMILES string of the molecule is CC(O)CN(Cc1ccc2c(c1)CO/C2=C1/C(=O)Nc2ccccc21)CC(C)O. The van der Waals surface area contributed by atoms with Gasteiger partial charge in [0.15, 0.2) is 0 Å². The third kappa shape index (κ3) is 4.05. The van der Waals surface area contributed by atoms with Gasteiger partial charge in [-0.1, -0.05) is 36.4 Å². The maximum absolute atomic E-state index is 12.5. The lowest BCUT2D eigenvalue weighted by molar-refractivity contribution is -0.110. The number of para-hydroxylation sites is 1. The van der Waals surface area contributed by atoms with Crippen LogP contribution in [0.4, 0.5) is 5.69 Å². The highest BCUT2D eigenvalue weighted by molar-refractivity contribution is 6.36. The Bertz CT molecular complexity index is 955. The molecular formula is C23H26N2O4. The van der Waals surface area contributed by atoms with Crippen molar-refractivity contribution in [3.05, 3.63) is 64.7 Å². The fraction of sp³-hybridized carbons (Fsp3) is 0.348. The summed E-state index contributed by atoms with van der Waals surface area (Å²) < 4.78 is 5.95. The van der Waals surface area contributed by atoms with E-state index in [1.54, 1.807) is 13.8 Å². The second kappa shape index (κ2) is 7.99. The molecule has 29 heavy (non-hydrogen) atoms. The molecule has 1 amide bonds. The van der Waals surface area contributed by atoms with E-state index in [1.807, 2.05) is 41.3 Å². The molecule has 2 unspecified atom stereocenters. The molecule has 2 aliphatic heterocycles. The van der Waals surface area contributed by atoms with Crippen molar-refractivity contribution in [1.82, 2.24) is 4.90 Å². The predicted octanol–water partition coefficient (Wildman–Crippen LogP) is 2.60. The number of nitrogens with zero attached hydrogens (tertiary/aromatic N) is 1. The molecule has 2 atom stereocenters. The number of aliphatic hydroxyl groups excluding tert-OH is 2. The van der Waals surface area contributed by atoms with Gasteiger partial charge < -0.3 is 20.3 Å². The lowest BCUT2D eigenvalue weighted by Crippen LogP contribution is -2.35. The molecule has 2 aromatic carbocycles. The maximum Gasteiger partial charge on any atom is 0.260 e. The van der Waals surface area contributed by atoms with E-state index < -0.39 is 12.2 Å². The van der Waals surface area contributed by atoms with E-state index in [1.165, 1.54) is 0 Å². The highest BCUT2D eigenvalue weighted by Gasteiger charge is 2.32. The van der Waals surface area contributed by atoms with Crippen LogP contribution >= 0.6 is 0 Å². The first-order valence-electron chi connectivity index (χ1n) is 9.91. The second-order valence-corrected chi connectivity index (χ2v) is 7.88. The summed E-state index contributed by atoms with van der Waals surface area (Å²) in [5, 5.41) is 22.4. The number of aliphatic hydroxyl groups is 2. The first-order chi connectivity index (χ1) is 13.9. The molecule has 0 bridgehead atoms. The topological polar surface area (TPSA) is 82.0 Å². The molecule has 152 valence electrons. The molecule has 6 heteroatoms. The number of carbonyl (C=O) groups is 1. The van der Waals surface area contributed by atoms with Gasteiger partial charge in [-0.05, 0) is 25.5 Å². The Hall–Kier alpha value is -2.67. The number of benzene rings is 2. The summed E-state index contributed by atoms with van der Waals surface area (Å²) in [6, 6.07) is 13.7. The Labute approximate surface area is 170 Å². The van der Waals surface area contributed by atoms with Crippen molar-refractivity contribution < 1.29 is 19.7 Å². The number of anilines is 1. The van der Waals surface area contributed by atoms with Gasteiger partial charge in [-0.25, -0.2) is 0 Å². The summed E-state index contributed by atoms with van der Waals surface area (Å²) in [6.45, 7) is 5.51. The van der Waals surface area contributed by atoms with Gasteiger partial charge in [0, 0.05) is 42.0 Å². The predicted molar refractivity (Wildman–Crippen MR) is 112 cm³/mol. The average Bonchev–Trinajstić information content (AvgIpc) is 3.19. The van der Waals surface area contributed by atoms with E-state index in [-0.39, 0.29) is 5.91 Å². The van der Waals surface area contributed by atoms with Crippen molar-refractivity contribution in [3.63, 3.8) is 0 Å². The molecule has 2 aliphatic rings. The fourth-order valence-electron chi connectivity index (χ4n) is 4.07. The number of ether oxygens (including phenoxy) is 1. The van der Waals surface area contributed by atoms with Crippen molar-refractivity contribution in [3.8, 4) is 0 Å². The van der Waals surface area contributed by atoms with E-state index in [0.717, 1.165) is 27.9 Å². The van der Waals surface area contributed by atoms with Crippen molar-refractivity contribution in [2.45, 2.75) is 39.2 Å². The van der Waals surface area contributed by atoms with Crippen LogP contribution in [0.3, 0.4) is 0 Å². The van der Waals surface area contributed by atoms with Gasteiger partial charge in [0.05, 0.1) is 17.8 Å². The Morgan fingerprint density at radius 1 is 1.07 bits per heavy atom. The Morgan fingerprint density at radius 3 is 2.52 bits per heavy atom. The number of fused-ring (bicyclic) bond motifs is 2. The molecule has 0 aliphatic carbocycles. The van der Waals surface area contributed by atoms with Crippen LogP contribution in [0, 0.1) is 0 Å². The second-order valence-electron chi connectivity index (χ2n) is 7.88. The minimum atomic E-state index is -0.469. The van der Waals surface area contributed by atoms with Crippen molar-refractivity contribution in [1.29, 1.82) is 0 Å². The molecule has 0 saturated carbocycles. The van der Waals surface area contributed by atoms with Crippen molar-refractivity contribution in [2.75, 3.05) is 18.4 Å². The summed E-state index contributed by atoms with van der Waals surface area (Å²) in [7, 11) is 0. The standard InChI is InChI=1S/C23H26N2O4/c1-14(26)10-25(11-15(2)27)12-16-7-8-18-17(9-16)13-29-22(18)21-19-5-3-4-6-20(19)24-23(21)28/h3-9,14-15,26-27H,10-13H2,1-2H3,(H,24,28)/b22-21+. The van der Waals surface area contributed by atoms with Crippen LogP contribution in [0.2, 0.25) is 0 Å². The molecule has 0 fully saturated rings. The van der Waals surface area contributed by atoms with Gasteiger partial charge in [-0.15, -0.1) is 0 Å². The summed E-state index contributed by atoms with van der Waals surface area (Å²) in [4.78, 5) is 14.6. The Morgan fingerprint density at radius 2 is 1.79 bits per heavy atom.